The van der Waals surface area contributed by atoms with Crippen LogP contribution in [0.25, 0.3) is 0 Å². The predicted molar refractivity (Wildman–Crippen MR) is 63.4 cm³/mol. The molecule has 1 saturated carbocycles. The molecule has 1 rings (SSSR count). The molecule has 0 heterocycles. The normalized spacial score (nSPS) is 28.4. The fourth-order valence-electron chi connectivity index (χ4n) is 2.28. The zero-order chi connectivity index (χ0) is 10.2. The molecule has 0 spiro atoms. The summed E-state index contributed by atoms with van der Waals surface area (Å²) in [7, 11) is 0. The molecule has 1 fully saturated rings. The van der Waals surface area contributed by atoms with Crippen molar-refractivity contribution in [2.75, 3.05) is 13.1 Å². The van der Waals surface area contributed by atoms with Gasteiger partial charge in [-0.3, -0.25) is 0 Å². The Hall–Kier alpha value is -0.300. The van der Waals surface area contributed by atoms with E-state index in [-0.39, 0.29) is 0 Å². The van der Waals surface area contributed by atoms with Gasteiger partial charge < -0.3 is 5.32 Å². The van der Waals surface area contributed by atoms with Crippen LogP contribution >= 0.6 is 0 Å². The minimum atomic E-state index is 0.863. The van der Waals surface area contributed by atoms with Gasteiger partial charge in [0.1, 0.15) is 0 Å². The summed E-state index contributed by atoms with van der Waals surface area (Å²) in [6.07, 6.45) is 11.7. The van der Waals surface area contributed by atoms with Crippen LogP contribution in [0.4, 0.5) is 0 Å². The highest BCUT2D eigenvalue weighted by Crippen LogP contribution is 2.29. The van der Waals surface area contributed by atoms with Crippen LogP contribution in [0.3, 0.4) is 0 Å². The SMILES string of the molecule is CCCNCC=CC1CCCC(C)C1. The Kier molecular flexibility index (Phi) is 5.93. The first-order valence-electron chi connectivity index (χ1n) is 6.20. The van der Waals surface area contributed by atoms with Crippen molar-refractivity contribution in [3.8, 4) is 0 Å². The first-order chi connectivity index (χ1) is 6.83. The van der Waals surface area contributed by atoms with Crippen LogP contribution in [0.5, 0.6) is 0 Å². The largest absolute Gasteiger partial charge is 0.313 e. The molecular formula is C13H25N. The molecule has 0 radical (unpaired) electrons. The number of rotatable bonds is 5. The van der Waals surface area contributed by atoms with E-state index < -0.39 is 0 Å². The van der Waals surface area contributed by atoms with Crippen molar-refractivity contribution >= 4 is 0 Å². The van der Waals surface area contributed by atoms with E-state index in [9.17, 15) is 0 Å². The van der Waals surface area contributed by atoms with Crippen LogP contribution in [0, 0.1) is 11.8 Å². The van der Waals surface area contributed by atoms with Crippen molar-refractivity contribution in [1.82, 2.24) is 5.32 Å². The molecule has 1 aliphatic rings. The molecule has 0 aromatic heterocycles. The summed E-state index contributed by atoms with van der Waals surface area (Å²) in [6.45, 7) is 6.79. The predicted octanol–water partition coefficient (Wildman–Crippen LogP) is 3.37. The maximum atomic E-state index is 3.40. The lowest BCUT2D eigenvalue weighted by atomic mass is 9.82. The van der Waals surface area contributed by atoms with E-state index in [0.717, 1.165) is 24.9 Å². The van der Waals surface area contributed by atoms with Gasteiger partial charge >= 0.3 is 0 Å². The molecule has 0 saturated heterocycles. The first-order valence-corrected chi connectivity index (χ1v) is 6.20. The summed E-state index contributed by atoms with van der Waals surface area (Å²) < 4.78 is 0. The zero-order valence-electron chi connectivity index (χ0n) is 9.76. The molecule has 0 aliphatic heterocycles. The minimum Gasteiger partial charge on any atom is -0.313 e. The number of nitrogens with one attached hydrogen (secondary N) is 1. The Morgan fingerprint density at radius 1 is 1.36 bits per heavy atom. The molecule has 1 aliphatic carbocycles. The Morgan fingerprint density at radius 3 is 2.93 bits per heavy atom. The number of hydrogen-bond acceptors (Lipinski definition) is 1. The van der Waals surface area contributed by atoms with E-state index in [2.05, 4.69) is 31.3 Å². The smallest absolute Gasteiger partial charge is 0.0134 e. The summed E-state index contributed by atoms with van der Waals surface area (Å²) in [5.41, 5.74) is 0. The molecule has 1 heteroatoms. The lowest BCUT2D eigenvalue weighted by Crippen LogP contribution is -2.15. The molecule has 1 N–H and O–H groups in total. The third-order valence-electron chi connectivity index (χ3n) is 3.07. The topological polar surface area (TPSA) is 12.0 Å². The van der Waals surface area contributed by atoms with Crippen molar-refractivity contribution in [1.29, 1.82) is 0 Å². The van der Waals surface area contributed by atoms with Crippen molar-refractivity contribution in [2.45, 2.75) is 46.0 Å². The minimum absolute atomic E-state index is 0.863. The summed E-state index contributed by atoms with van der Waals surface area (Å²) in [5.74, 6) is 1.81. The first kappa shape index (κ1) is 11.8. The van der Waals surface area contributed by atoms with Crippen molar-refractivity contribution in [3.05, 3.63) is 12.2 Å². The third kappa shape index (κ3) is 4.80. The second kappa shape index (κ2) is 7.05. The van der Waals surface area contributed by atoms with Gasteiger partial charge in [-0.2, -0.15) is 0 Å². The summed E-state index contributed by atoms with van der Waals surface area (Å²) >= 11 is 0. The molecule has 0 bridgehead atoms. The van der Waals surface area contributed by atoms with Gasteiger partial charge in [-0.25, -0.2) is 0 Å². The van der Waals surface area contributed by atoms with E-state index in [0.29, 0.717) is 0 Å². The summed E-state index contributed by atoms with van der Waals surface area (Å²) in [6, 6.07) is 0. The summed E-state index contributed by atoms with van der Waals surface area (Å²) in [5, 5.41) is 3.40. The molecular weight excluding hydrogens is 170 g/mol. The highest BCUT2D eigenvalue weighted by atomic mass is 14.8. The average Bonchev–Trinajstić information content (AvgIpc) is 2.18. The fraction of sp³-hybridized carbons (Fsp3) is 0.846. The van der Waals surface area contributed by atoms with E-state index in [4.69, 9.17) is 0 Å². The van der Waals surface area contributed by atoms with Crippen LogP contribution in [-0.4, -0.2) is 13.1 Å². The van der Waals surface area contributed by atoms with Crippen LogP contribution in [0.1, 0.15) is 46.0 Å². The molecule has 2 atom stereocenters. The Morgan fingerprint density at radius 2 is 2.21 bits per heavy atom. The average molecular weight is 195 g/mol. The van der Waals surface area contributed by atoms with Crippen LogP contribution in [0.15, 0.2) is 12.2 Å². The van der Waals surface area contributed by atoms with E-state index in [1.54, 1.807) is 0 Å². The highest BCUT2D eigenvalue weighted by Gasteiger charge is 2.15. The van der Waals surface area contributed by atoms with Crippen molar-refractivity contribution < 1.29 is 0 Å². The van der Waals surface area contributed by atoms with Crippen LogP contribution in [-0.2, 0) is 0 Å². The second-order valence-electron chi connectivity index (χ2n) is 4.66. The highest BCUT2D eigenvalue weighted by molar-refractivity contribution is 4.92. The molecule has 0 aromatic rings. The molecule has 1 nitrogen and oxygen atoms in total. The summed E-state index contributed by atoms with van der Waals surface area (Å²) in [4.78, 5) is 0. The molecule has 0 amide bonds. The van der Waals surface area contributed by atoms with Gasteiger partial charge in [-0.1, -0.05) is 38.8 Å². The molecule has 14 heavy (non-hydrogen) atoms. The van der Waals surface area contributed by atoms with Crippen molar-refractivity contribution in [2.24, 2.45) is 11.8 Å². The Labute approximate surface area is 89.0 Å². The third-order valence-corrected chi connectivity index (χ3v) is 3.07. The number of allylic oxidation sites excluding steroid dienone is 1. The van der Waals surface area contributed by atoms with E-state index in [1.807, 2.05) is 0 Å². The van der Waals surface area contributed by atoms with Gasteiger partial charge in [-0.15, -0.1) is 0 Å². The lowest BCUT2D eigenvalue weighted by Gasteiger charge is -2.24. The van der Waals surface area contributed by atoms with Gasteiger partial charge in [0.25, 0.3) is 0 Å². The fourth-order valence-corrected chi connectivity index (χ4v) is 2.28. The standard InChI is InChI=1S/C13H25N/c1-3-9-14-10-5-8-13-7-4-6-12(2)11-13/h5,8,12-14H,3-4,6-7,9-11H2,1-2H3. The Bertz CT molecular complexity index is 163. The Balaban J connectivity index is 2.09. The lowest BCUT2D eigenvalue weighted by molar-refractivity contribution is 0.325. The maximum absolute atomic E-state index is 3.40. The van der Waals surface area contributed by atoms with E-state index >= 15 is 0 Å². The van der Waals surface area contributed by atoms with Gasteiger partial charge in [0.2, 0.25) is 0 Å². The maximum Gasteiger partial charge on any atom is 0.0134 e. The zero-order valence-corrected chi connectivity index (χ0v) is 9.76. The van der Waals surface area contributed by atoms with Gasteiger partial charge in [-0.05, 0) is 37.6 Å². The van der Waals surface area contributed by atoms with Crippen LogP contribution in [0.2, 0.25) is 0 Å². The molecule has 2 unspecified atom stereocenters. The number of hydrogen-bond donors (Lipinski definition) is 1. The molecule has 82 valence electrons. The van der Waals surface area contributed by atoms with E-state index in [1.165, 1.54) is 32.1 Å². The second-order valence-corrected chi connectivity index (χ2v) is 4.66. The van der Waals surface area contributed by atoms with Crippen molar-refractivity contribution in [3.63, 3.8) is 0 Å². The van der Waals surface area contributed by atoms with Gasteiger partial charge in [0.05, 0.1) is 0 Å². The molecule has 0 aromatic carbocycles. The monoisotopic (exact) mass is 195 g/mol. The van der Waals surface area contributed by atoms with Gasteiger partial charge in [0.15, 0.2) is 0 Å². The van der Waals surface area contributed by atoms with Crippen LogP contribution < -0.4 is 5.32 Å². The van der Waals surface area contributed by atoms with Gasteiger partial charge in [0, 0.05) is 6.54 Å². The quantitative estimate of drug-likeness (QED) is 0.524.